The van der Waals surface area contributed by atoms with Gasteiger partial charge in [0.1, 0.15) is 7.85 Å². The van der Waals surface area contributed by atoms with Crippen LogP contribution in [0.2, 0.25) is 0 Å². The van der Waals surface area contributed by atoms with Crippen LogP contribution in [0, 0.1) is 0 Å². The molecule has 0 fully saturated rings. The Morgan fingerprint density at radius 3 is 1.54 bits per heavy atom. The second-order valence-corrected chi connectivity index (χ2v) is 6.18. The van der Waals surface area contributed by atoms with Gasteiger partial charge in [-0.05, 0) is 47.5 Å². The number of para-hydroxylation sites is 2. The molecule has 0 aliphatic rings. The summed E-state index contributed by atoms with van der Waals surface area (Å²) in [6.45, 7) is 0. The lowest BCUT2D eigenvalue weighted by molar-refractivity contribution is 1.28. The fraction of sp³-hybridized carbons (Fsp3) is 0. The van der Waals surface area contributed by atoms with Gasteiger partial charge in [0, 0.05) is 17.1 Å². The molecule has 0 saturated heterocycles. The molecule has 4 aromatic rings. The number of hydrogen-bond donors (Lipinski definition) is 0. The summed E-state index contributed by atoms with van der Waals surface area (Å²) in [5, 5.41) is 0. The molecule has 4 rings (SSSR count). The predicted molar refractivity (Wildman–Crippen MR) is 112 cm³/mol. The largest absolute Gasteiger partial charge is 0.311 e. The minimum absolute atomic E-state index is 0.779. The van der Waals surface area contributed by atoms with Crippen LogP contribution in [0.25, 0.3) is 11.1 Å². The Hall–Kier alpha value is -3.26. The molecule has 0 N–H and O–H groups in total. The third-order valence-electron chi connectivity index (χ3n) is 4.37. The van der Waals surface area contributed by atoms with E-state index in [-0.39, 0.29) is 0 Å². The van der Waals surface area contributed by atoms with Gasteiger partial charge in [-0.3, -0.25) is 0 Å². The molecule has 0 unspecified atom stereocenters. The van der Waals surface area contributed by atoms with Gasteiger partial charge in [-0.15, -0.1) is 0 Å². The molecule has 0 heterocycles. The molecule has 0 bridgehead atoms. The standard InChI is InChI=1S/C24H18BN/c25-21-9-7-8-20(18-21)19-14-16-24(17-15-19)26(22-10-3-1-4-11-22)23-12-5-2-6-13-23/h1-18H. The summed E-state index contributed by atoms with van der Waals surface area (Å²) in [6, 6.07) is 37.4. The molecule has 0 aromatic heterocycles. The highest BCUT2D eigenvalue weighted by molar-refractivity contribution is 6.32. The van der Waals surface area contributed by atoms with Crippen molar-refractivity contribution in [3.63, 3.8) is 0 Å². The molecule has 26 heavy (non-hydrogen) atoms. The molecule has 4 aromatic carbocycles. The van der Waals surface area contributed by atoms with Crippen LogP contribution >= 0.6 is 0 Å². The summed E-state index contributed by atoms with van der Waals surface area (Å²) >= 11 is 0. The Balaban J connectivity index is 1.75. The molecule has 0 aliphatic heterocycles. The maximum absolute atomic E-state index is 5.92. The second kappa shape index (κ2) is 7.32. The van der Waals surface area contributed by atoms with E-state index >= 15 is 0 Å². The zero-order valence-corrected chi connectivity index (χ0v) is 14.4. The minimum Gasteiger partial charge on any atom is -0.311 e. The zero-order chi connectivity index (χ0) is 17.8. The average molecular weight is 331 g/mol. The Kier molecular flexibility index (Phi) is 4.57. The van der Waals surface area contributed by atoms with E-state index in [1.54, 1.807) is 0 Å². The van der Waals surface area contributed by atoms with Gasteiger partial charge in [0.25, 0.3) is 0 Å². The van der Waals surface area contributed by atoms with Crippen molar-refractivity contribution < 1.29 is 0 Å². The minimum atomic E-state index is 0.779. The highest BCUT2D eigenvalue weighted by Crippen LogP contribution is 2.35. The first-order valence-corrected chi connectivity index (χ1v) is 8.67. The van der Waals surface area contributed by atoms with Crippen molar-refractivity contribution in [2.24, 2.45) is 0 Å². The highest BCUT2D eigenvalue weighted by Gasteiger charge is 2.11. The van der Waals surface area contributed by atoms with E-state index in [9.17, 15) is 0 Å². The van der Waals surface area contributed by atoms with Crippen LogP contribution in [0.5, 0.6) is 0 Å². The lowest BCUT2D eigenvalue weighted by Gasteiger charge is -2.25. The monoisotopic (exact) mass is 331 g/mol. The summed E-state index contributed by atoms with van der Waals surface area (Å²) in [5.74, 6) is 0. The van der Waals surface area contributed by atoms with E-state index in [0.717, 1.165) is 33.7 Å². The first kappa shape index (κ1) is 16.2. The van der Waals surface area contributed by atoms with Gasteiger partial charge in [0.05, 0.1) is 0 Å². The van der Waals surface area contributed by atoms with Gasteiger partial charge in [-0.1, -0.05) is 78.3 Å². The van der Waals surface area contributed by atoms with Crippen molar-refractivity contribution in [2.45, 2.75) is 0 Å². The highest BCUT2D eigenvalue weighted by atomic mass is 15.1. The summed E-state index contributed by atoms with van der Waals surface area (Å²) in [6.07, 6.45) is 0. The lowest BCUT2D eigenvalue weighted by atomic mass is 9.92. The Bertz CT molecular complexity index is 940. The van der Waals surface area contributed by atoms with Crippen LogP contribution in [-0.2, 0) is 0 Å². The smallest absolute Gasteiger partial charge is 0.113 e. The van der Waals surface area contributed by atoms with E-state index in [1.165, 1.54) is 0 Å². The topological polar surface area (TPSA) is 3.24 Å². The Labute approximate surface area is 156 Å². The van der Waals surface area contributed by atoms with Crippen molar-refractivity contribution >= 4 is 30.4 Å². The Morgan fingerprint density at radius 1 is 0.462 bits per heavy atom. The molecule has 0 spiro atoms. The normalized spacial score (nSPS) is 10.5. The van der Waals surface area contributed by atoms with Crippen LogP contribution in [0.4, 0.5) is 17.1 Å². The maximum atomic E-state index is 5.92. The zero-order valence-electron chi connectivity index (χ0n) is 14.4. The van der Waals surface area contributed by atoms with Crippen molar-refractivity contribution in [3.8, 4) is 11.1 Å². The predicted octanol–water partition coefficient (Wildman–Crippen LogP) is 5.62. The summed E-state index contributed by atoms with van der Waals surface area (Å²) in [7, 11) is 5.92. The number of hydrogen-bond acceptors (Lipinski definition) is 1. The van der Waals surface area contributed by atoms with Crippen LogP contribution in [0.1, 0.15) is 0 Å². The van der Waals surface area contributed by atoms with Gasteiger partial charge in [-0.25, -0.2) is 0 Å². The molecule has 1 nitrogen and oxygen atoms in total. The van der Waals surface area contributed by atoms with Crippen molar-refractivity contribution in [3.05, 3.63) is 109 Å². The summed E-state index contributed by atoms with van der Waals surface area (Å²) in [5.41, 5.74) is 6.45. The van der Waals surface area contributed by atoms with Crippen molar-refractivity contribution in [2.75, 3.05) is 4.90 Å². The molecule has 0 saturated carbocycles. The fourth-order valence-electron chi connectivity index (χ4n) is 3.12. The van der Waals surface area contributed by atoms with E-state index in [4.69, 9.17) is 7.85 Å². The van der Waals surface area contributed by atoms with Gasteiger partial charge in [-0.2, -0.15) is 0 Å². The van der Waals surface area contributed by atoms with Gasteiger partial charge in [0.15, 0.2) is 0 Å². The molecule has 2 radical (unpaired) electrons. The average Bonchev–Trinajstić information content (AvgIpc) is 2.70. The molecular formula is C24H18BN. The molecular weight excluding hydrogens is 313 g/mol. The molecule has 0 aliphatic carbocycles. The van der Waals surface area contributed by atoms with Crippen molar-refractivity contribution in [1.82, 2.24) is 0 Å². The summed E-state index contributed by atoms with van der Waals surface area (Å²) < 4.78 is 0. The van der Waals surface area contributed by atoms with Crippen LogP contribution < -0.4 is 10.4 Å². The Morgan fingerprint density at radius 2 is 1.00 bits per heavy atom. The van der Waals surface area contributed by atoms with Crippen molar-refractivity contribution in [1.29, 1.82) is 0 Å². The van der Waals surface area contributed by atoms with E-state index in [1.807, 2.05) is 30.3 Å². The quantitative estimate of drug-likeness (QED) is 0.439. The number of nitrogens with zero attached hydrogens (tertiary/aromatic N) is 1. The van der Waals surface area contributed by atoms with E-state index < -0.39 is 0 Å². The maximum Gasteiger partial charge on any atom is 0.113 e. The molecule has 2 heteroatoms. The van der Waals surface area contributed by atoms with Crippen LogP contribution in [-0.4, -0.2) is 7.85 Å². The SMILES string of the molecule is [B]c1cccc(-c2ccc(N(c3ccccc3)c3ccccc3)cc2)c1. The van der Waals surface area contributed by atoms with E-state index in [0.29, 0.717) is 0 Å². The third kappa shape index (κ3) is 3.40. The van der Waals surface area contributed by atoms with Crippen LogP contribution in [0.15, 0.2) is 109 Å². The molecule has 0 atom stereocenters. The first-order valence-electron chi connectivity index (χ1n) is 8.67. The first-order chi connectivity index (χ1) is 12.8. The molecule has 122 valence electrons. The molecule has 0 amide bonds. The van der Waals surface area contributed by atoms with Gasteiger partial charge < -0.3 is 4.90 Å². The number of anilines is 3. The van der Waals surface area contributed by atoms with Gasteiger partial charge in [0.2, 0.25) is 0 Å². The second-order valence-electron chi connectivity index (χ2n) is 6.18. The number of rotatable bonds is 4. The third-order valence-corrected chi connectivity index (χ3v) is 4.37. The van der Waals surface area contributed by atoms with Gasteiger partial charge >= 0.3 is 0 Å². The summed E-state index contributed by atoms with van der Waals surface area (Å²) in [4.78, 5) is 2.25. The van der Waals surface area contributed by atoms with Crippen LogP contribution in [0.3, 0.4) is 0 Å². The van der Waals surface area contributed by atoms with E-state index in [2.05, 4.69) is 83.8 Å². The number of benzene rings is 4. The fourth-order valence-corrected chi connectivity index (χ4v) is 3.12. The lowest BCUT2D eigenvalue weighted by Crippen LogP contribution is -2.09.